The molecule has 6 nitrogen and oxygen atoms in total. The number of furan rings is 1. The van der Waals surface area contributed by atoms with Crippen molar-refractivity contribution in [3.63, 3.8) is 0 Å². The van der Waals surface area contributed by atoms with Gasteiger partial charge in [0.2, 0.25) is 0 Å². The molecule has 128 valence electrons. The Labute approximate surface area is 150 Å². The highest BCUT2D eigenvalue weighted by molar-refractivity contribution is 14.0. The molecule has 1 heterocycles. The van der Waals surface area contributed by atoms with Crippen LogP contribution < -0.4 is 10.6 Å². The van der Waals surface area contributed by atoms with E-state index in [1.807, 2.05) is 6.92 Å². The highest BCUT2D eigenvalue weighted by Crippen LogP contribution is 2.20. The Hall–Kier alpha value is -0.800. The lowest BCUT2D eigenvalue weighted by molar-refractivity contribution is 0.0437. The summed E-state index contributed by atoms with van der Waals surface area (Å²) in [5.74, 6) is 1.23. The Morgan fingerprint density at radius 2 is 2.14 bits per heavy atom. The van der Waals surface area contributed by atoms with Crippen LogP contribution in [0.4, 0.5) is 0 Å². The van der Waals surface area contributed by atoms with Crippen LogP contribution in [0.3, 0.4) is 0 Å². The van der Waals surface area contributed by atoms with E-state index in [1.54, 1.807) is 25.3 Å². The molecule has 0 aromatic carbocycles. The normalized spacial score (nSPS) is 14.4. The molecular weight excluding hydrogens is 395 g/mol. The fraction of sp³-hybridized carbons (Fsp3) is 0.667. The van der Waals surface area contributed by atoms with Gasteiger partial charge in [0, 0.05) is 13.1 Å². The average molecular weight is 424 g/mol. The first kappa shape index (κ1) is 21.2. The van der Waals surface area contributed by atoms with Gasteiger partial charge < -0.3 is 25.1 Å². The van der Waals surface area contributed by atoms with Crippen molar-refractivity contribution in [1.82, 2.24) is 15.5 Å². The minimum absolute atomic E-state index is 0. The topological polar surface area (TPSA) is 73.0 Å². The summed E-state index contributed by atoms with van der Waals surface area (Å²) < 4.78 is 5.25. The number of nitrogens with one attached hydrogen (secondary N) is 2. The van der Waals surface area contributed by atoms with Gasteiger partial charge in [-0.1, -0.05) is 0 Å². The van der Waals surface area contributed by atoms with E-state index < -0.39 is 5.60 Å². The molecule has 1 atom stereocenters. The molecule has 3 N–H and O–H groups in total. The molecule has 0 aliphatic heterocycles. The van der Waals surface area contributed by atoms with Crippen molar-refractivity contribution in [2.75, 3.05) is 40.3 Å². The molecule has 0 saturated heterocycles. The lowest BCUT2D eigenvalue weighted by Gasteiger charge is -2.19. The van der Waals surface area contributed by atoms with E-state index in [9.17, 15) is 5.11 Å². The number of aliphatic imine (C=N–C) groups is 1. The average Bonchev–Trinajstić information content (AvgIpc) is 2.95. The zero-order valence-corrected chi connectivity index (χ0v) is 16.3. The maximum atomic E-state index is 10.4. The predicted octanol–water partition coefficient (Wildman–Crippen LogP) is 1.61. The Balaban J connectivity index is 0.00000441. The molecule has 1 rings (SSSR count). The minimum atomic E-state index is -1.10. The zero-order chi connectivity index (χ0) is 15.7. The highest BCUT2D eigenvalue weighted by atomic mass is 127. The van der Waals surface area contributed by atoms with Crippen LogP contribution in [0.1, 0.15) is 26.0 Å². The Kier molecular flexibility index (Phi) is 10.5. The van der Waals surface area contributed by atoms with E-state index in [1.165, 1.54) is 0 Å². The molecular formula is C15H29IN4O2. The second-order valence-corrected chi connectivity index (χ2v) is 5.53. The third-order valence-electron chi connectivity index (χ3n) is 3.02. The third-order valence-corrected chi connectivity index (χ3v) is 3.02. The van der Waals surface area contributed by atoms with Gasteiger partial charge in [0.15, 0.2) is 5.96 Å². The molecule has 0 aliphatic carbocycles. The van der Waals surface area contributed by atoms with Crippen LogP contribution in [-0.2, 0) is 5.60 Å². The van der Waals surface area contributed by atoms with E-state index in [0.717, 1.165) is 26.1 Å². The fourth-order valence-electron chi connectivity index (χ4n) is 1.84. The smallest absolute Gasteiger partial charge is 0.191 e. The summed E-state index contributed by atoms with van der Waals surface area (Å²) >= 11 is 0. The molecule has 0 fully saturated rings. The summed E-state index contributed by atoms with van der Waals surface area (Å²) in [6.07, 6.45) is 2.59. The molecule has 0 aliphatic rings. The van der Waals surface area contributed by atoms with E-state index in [2.05, 4.69) is 34.6 Å². The van der Waals surface area contributed by atoms with Crippen LogP contribution in [-0.4, -0.2) is 56.2 Å². The van der Waals surface area contributed by atoms with E-state index in [0.29, 0.717) is 11.7 Å². The largest absolute Gasteiger partial charge is 0.466 e. The van der Waals surface area contributed by atoms with Crippen molar-refractivity contribution in [3.05, 3.63) is 24.2 Å². The van der Waals surface area contributed by atoms with Gasteiger partial charge in [-0.25, -0.2) is 4.99 Å². The first-order valence-electron chi connectivity index (χ1n) is 7.39. The van der Waals surface area contributed by atoms with Crippen molar-refractivity contribution in [2.24, 2.45) is 4.99 Å². The van der Waals surface area contributed by atoms with Gasteiger partial charge in [0.25, 0.3) is 0 Å². The molecule has 0 spiro atoms. The van der Waals surface area contributed by atoms with Crippen LogP contribution in [0.15, 0.2) is 27.8 Å². The quantitative estimate of drug-likeness (QED) is 0.256. The van der Waals surface area contributed by atoms with Gasteiger partial charge in [-0.2, -0.15) is 0 Å². The SMILES string of the molecule is CCNC(=NCC(C)(O)c1ccco1)NCCCN(C)C.I. The Morgan fingerprint density at radius 3 is 2.68 bits per heavy atom. The second kappa shape index (κ2) is 10.8. The molecule has 0 radical (unpaired) electrons. The monoisotopic (exact) mass is 424 g/mol. The van der Waals surface area contributed by atoms with Gasteiger partial charge in [-0.15, -0.1) is 24.0 Å². The maximum Gasteiger partial charge on any atom is 0.191 e. The molecule has 7 heteroatoms. The predicted molar refractivity (Wildman–Crippen MR) is 101 cm³/mol. The summed E-state index contributed by atoms with van der Waals surface area (Å²) in [4.78, 5) is 6.57. The Morgan fingerprint density at radius 1 is 1.41 bits per heavy atom. The number of hydrogen-bond acceptors (Lipinski definition) is 4. The molecule has 22 heavy (non-hydrogen) atoms. The van der Waals surface area contributed by atoms with Crippen LogP contribution in [0.25, 0.3) is 0 Å². The van der Waals surface area contributed by atoms with Gasteiger partial charge in [0.1, 0.15) is 11.4 Å². The molecule has 0 bridgehead atoms. The minimum Gasteiger partial charge on any atom is -0.466 e. The summed E-state index contributed by atoms with van der Waals surface area (Å²) in [6, 6.07) is 3.52. The van der Waals surface area contributed by atoms with Crippen molar-refractivity contribution in [1.29, 1.82) is 0 Å². The Bertz CT molecular complexity index is 419. The van der Waals surface area contributed by atoms with Gasteiger partial charge in [-0.05, 0) is 53.0 Å². The van der Waals surface area contributed by atoms with Crippen molar-refractivity contribution >= 4 is 29.9 Å². The van der Waals surface area contributed by atoms with Crippen molar-refractivity contribution in [2.45, 2.75) is 25.9 Å². The van der Waals surface area contributed by atoms with Gasteiger partial charge >= 0.3 is 0 Å². The second-order valence-electron chi connectivity index (χ2n) is 5.53. The number of nitrogens with zero attached hydrogens (tertiary/aromatic N) is 2. The lowest BCUT2D eigenvalue weighted by Crippen LogP contribution is -2.39. The molecule has 0 amide bonds. The number of rotatable bonds is 8. The summed E-state index contributed by atoms with van der Waals surface area (Å²) in [5, 5.41) is 16.8. The maximum absolute atomic E-state index is 10.4. The standard InChI is InChI=1S/C15H28N4O2.HI/c1-5-16-14(17-9-7-10-19(3)4)18-12-15(2,20)13-8-6-11-21-13;/h6,8,11,20H,5,7,9-10,12H2,1-4H3,(H2,16,17,18);1H. The fourth-order valence-corrected chi connectivity index (χ4v) is 1.84. The van der Waals surface area contributed by atoms with Crippen LogP contribution in [0, 0.1) is 0 Å². The van der Waals surface area contributed by atoms with Gasteiger partial charge in [0.05, 0.1) is 12.8 Å². The molecule has 1 unspecified atom stereocenters. The van der Waals surface area contributed by atoms with Crippen LogP contribution in [0.5, 0.6) is 0 Å². The summed E-state index contributed by atoms with van der Waals surface area (Å²) in [7, 11) is 4.11. The first-order valence-corrected chi connectivity index (χ1v) is 7.39. The number of aliphatic hydroxyl groups is 1. The molecule has 0 saturated carbocycles. The number of guanidine groups is 1. The highest BCUT2D eigenvalue weighted by Gasteiger charge is 2.25. The van der Waals surface area contributed by atoms with Crippen LogP contribution >= 0.6 is 24.0 Å². The third kappa shape index (κ3) is 8.00. The number of hydrogen-bond donors (Lipinski definition) is 3. The van der Waals surface area contributed by atoms with Crippen LogP contribution in [0.2, 0.25) is 0 Å². The van der Waals surface area contributed by atoms with E-state index in [-0.39, 0.29) is 30.5 Å². The van der Waals surface area contributed by atoms with E-state index >= 15 is 0 Å². The molecule has 1 aromatic heterocycles. The van der Waals surface area contributed by atoms with Crippen molar-refractivity contribution < 1.29 is 9.52 Å². The van der Waals surface area contributed by atoms with E-state index in [4.69, 9.17) is 4.42 Å². The first-order chi connectivity index (χ1) is 9.95. The lowest BCUT2D eigenvalue weighted by atomic mass is 10.0. The summed E-state index contributed by atoms with van der Waals surface area (Å²) in [5.41, 5.74) is -1.10. The molecule has 1 aromatic rings. The van der Waals surface area contributed by atoms with Gasteiger partial charge in [-0.3, -0.25) is 0 Å². The summed E-state index contributed by atoms with van der Waals surface area (Å²) in [6.45, 7) is 6.60. The zero-order valence-electron chi connectivity index (χ0n) is 13.9. The van der Waals surface area contributed by atoms with Crippen molar-refractivity contribution in [3.8, 4) is 0 Å². The number of halogens is 1.